The zero-order valence-electron chi connectivity index (χ0n) is 35.5. The fourth-order valence-corrected chi connectivity index (χ4v) is 4.60. The summed E-state index contributed by atoms with van der Waals surface area (Å²) in [4.78, 5) is 88.5. The van der Waals surface area contributed by atoms with E-state index in [0.29, 0.717) is 64.5 Å². The lowest BCUT2D eigenvalue weighted by molar-refractivity contribution is -0.122. The van der Waals surface area contributed by atoms with Crippen LogP contribution in [0.25, 0.3) is 0 Å². The van der Waals surface area contributed by atoms with E-state index in [-0.39, 0.29) is 54.3 Å². The summed E-state index contributed by atoms with van der Waals surface area (Å²) in [5.41, 5.74) is 8.95. The third kappa shape index (κ3) is 52.1. The number of amides is 7. The van der Waals surface area contributed by atoms with Crippen molar-refractivity contribution in [3.8, 4) is 0 Å². The van der Waals surface area contributed by atoms with Crippen molar-refractivity contribution in [2.24, 2.45) is 17.3 Å². The SMILES string of the molecule is CC(C)C(=O)CCCCC(N)=O.[B]N.[B]NC(=O)CCCCC(=O)NCCCCCC(=O)NCCCCCC(=O)NCCCCCC.[B]NC(=O)CNCC(=O)N[B]. The summed E-state index contributed by atoms with van der Waals surface area (Å²) >= 11 is 0. The van der Waals surface area contributed by atoms with Crippen molar-refractivity contribution in [3.63, 3.8) is 0 Å². The first kappa shape index (κ1) is 60.8. The first-order valence-electron chi connectivity index (χ1n) is 20.4. The second kappa shape index (κ2) is 47.5. The lowest BCUT2D eigenvalue weighted by Gasteiger charge is -2.07. The number of ketones is 1. The Bertz CT molecular complexity index is 1090. The summed E-state index contributed by atoms with van der Waals surface area (Å²) < 4.78 is 0. The maximum absolute atomic E-state index is 11.9. The van der Waals surface area contributed by atoms with E-state index in [1.54, 1.807) is 0 Å². The van der Waals surface area contributed by atoms with Gasteiger partial charge in [-0.1, -0.05) is 52.9 Å². The first-order valence-corrected chi connectivity index (χ1v) is 20.4. The minimum absolute atomic E-state index is 0.00893. The molecule has 58 heavy (non-hydrogen) atoms. The number of nitrogens with one attached hydrogen (secondary N) is 7. The van der Waals surface area contributed by atoms with Gasteiger partial charge in [-0.2, -0.15) is 0 Å². The molecule has 7 amide bonds. The molecule has 0 aromatic carbocycles. The number of unbranched alkanes of at least 4 members (excludes halogenated alkanes) is 9. The molecule has 0 spiro atoms. The maximum Gasteiger partial charge on any atom is 0.226 e. The average molecular weight is 813 g/mol. The number of hydrogen-bond donors (Lipinski definition) is 9. The molecule has 0 bridgehead atoms. The van der Waals surface area contributed by atoms with Gasteiger partial charge in [0.1, 0.15) is 5.78 Å². The van der Waals surface area contributed by atoms with Crippen molar-refractivity contribution in [2.75, 3.05) is 32.7 Å². The minimum atomic E-state index is -0.394. The molecule has 0 unspecified atom stereocenters. The number of hydrogen-bond acceptors (Lipinski definition) is 10. The highest BCUT2D eigenvalue weighted by Crippen LogP contribution is 2.06. The van der Waals surface area contributed by atoms with E-state index in [2.05, 4.69) is 47.0 Å². The first-order chi connectivity index (χ1) is 27.7. The molecule has 0 saturated heterocycles. The largest absolute Gasteiger partial charge is 0.409 e. The molecule has 0 aliphatic rings. The Hall–Kier alpha value is -3.86. The molecule has 324 valence electrons. The van der Waals surface area contributed by atoms with Gasteiger partial charge in [-0.05, 0) is 57.8 Å². The molecule has 0 heterocycles. The van der Waals surface area contributed by atoms with Crippen molar-refractivity contribution >= 4 is 79.1 Å². The van der Waals surface area contributed by atoms with Gasteiger partial charge in [-0.3, -0.25) is 43.7 Å². The summed E-state index contributed by atoms with van der Waals surface area (Å²) in [7, 11) is 18.5. The number of primary amides is 1. The van der Waals surface area contributed by atoms with Gasteiger partial charge in [-0.25, -0.2) is 0 Å². The smallest absolute Gasteiger partial charge is 0.226 e. The van der Waals surface area contributed by atoms with Crippen molar-refractivity contribution < 1.29 is 38.4 Å². The van der Waals surface area contributed by atoms with Crippen molar-refractivity contribution in [2.45, 2.75) is 149 Å². The van der Waals surface area contributed by atoms with E-state index in [1.165, 1.54) is 19.3 Å². The van der Waals surface area contributed by atoms with Crippen LogP contribution in [-0.4, -0.2) is 112 Å². The highest BCUT2D eigenvalue weighted by Gasteiger charge is 2.07. The van der Waals surface area contributed by atoms with Crippen LogP contribution in [0.1, 0.15) is 149 Å². The second-order valence-corrected chi connectivity index (χ2v) is 13.5. The van der Waals surface area contributed by atoms with Gasteiger partial charge in [0.05, 0.1) is 13.1 Å². The molecule has 0 aliphatic heterocycles. The Kier molecular flexibility index (Phi) is 49.8. The van der Waals surface area contributed by atoms with Gasteiger partial charge in [0.15, 0.2) is 7.98 Å². The summed E-state index contributed by atoms with van der Waals surface area (Å²) in [6.07, 6.45) is 15.4. The summed E-state index contributed by atoms with van der Waals surface area (Å²) in [6, 6.07) is 0. The number of carbonyl (C=O) groups is 8. The van der Waals surface area contributed by atoms with Crippen LogP contribution in [-0.2, 0) is 38.4 Å². The number of Topliss-reactive ketones (excluding diaryl/α,β-unsaturated/α-hetero) is 1. The number of rotatable bonds is 32. The average Bonchev–Trinajstić information content (AvgIpc) is 3.21. The van der Waals surface area contributed by atoms with Gasteiger partial charge in [0.25, 0.3) is 0 Å². The van der Waals surface area contributed by atoms with Gasteiger partial charge >= 0.3 is 0 Å². The minimum Gasteiger partial charge on any atom is -0.409 e. The van der Waals surface area contributed by atoms with Gasteiger partial charge < -0.3 is 43.0 Å². The zero-order valence-corrected chi connectivity index (χ0v) is 35.5. The normalized spacial score (nSPS) is 9.81. The van der Waals surface area contributed by atoms with Crippen LogP contribution in [0.2, 0.25) is 0 Å². The fraction of sp³-hybridized carbons (Fsp3) is 0.784. The summed E-state index contributed by atoms with van der Waals surface area (Å²) in [6.45, 7) is 7.96. The van der Waals surface area contributed by atoms with E-state index in [0.717, 1.165) is 64.3 Å². The van der Waals surface area contributed by atoms with Crippen LogP contribution < -0.4 is 48.3 Å². The number of nitrogens with two attached hydrogens (primary N) is 2. The quantitative estimate of drug-likeness (QED) is 0.0326. The van der Waals surface area contributed by atoms with Gasteiger partial charge in [-0.15, -0.1) is 0 Å². The third-order valence-corrected chi connectivity index (χ3v) is 8.01. The Balaban J connectivity index is -0.000000472. The highest BCUT2D eigenvalue weighted by molar-refractivity contribution is 6.15. The molecule has 0 aromatic heterocycles. The maximum atomic E-state index is 11.9. The molecule has 0 atom stereocenters. The van der Waals surface area contributed by atoms with Crippen LogP contribution in [0.3, 0.4) is 0 Å². The van der Waals surface area contributed by atoms with Crippen LogP contribution in [0.5, 0.6) is 0 Å². The molecule has 0 fully saturated rings. The van der Waals surface area contributed by atoms with Crippen LogP contribution >= 0.6 is 0 Å². The van der Waals surface area contributed by atoms with E-state index in [1.807, 2.05) is 24.3 Å². The van der Waals surface area contributed by atoms with E-state index < -0.39 is 11.8 Å². The van der Waals surface area contributed by atoms with Crippen molar-refractivity contribution in [3.05, 3.63) is 0 Å². The lowest BCUT2D eigenvalue weighted by Crippen LogP contribution is -2.38. The monoisotopic (exact) mass is 814 g/mol. The Labute approximate surface area is 352 Å². The Morgan fingerprint density at radius 2 is 0.776 bits per heavy atom. The predicted molar refractivity (Wildman–Crippen MR) is 231 cm³/mol. The van der Waals surface area contributed by atoms with E-state index in [9.17, 15) is 38.4 Å². The third-order valence-electron chi connectivity index (χ3n) is 8.01. The van der Waals surface area contributed by atoms with Crippen LogP contribution in [0.15, 0.2) is 0 Å². The summed E-state index contributed by atoms with van der Waals surface area (Å²) in [5.74, 6) is -0.735. The molecule has 8 radical (unpaired) electrons. The van der Waals surface area contributed by atoms with E-state index in [4.69, 9.17) is 29.7 Å². The Morgan fingerprint density at radius 3 is 1.12 bits per heavy atom. The molecule has 0 aliphatic carbocycles. The fourth-order valence-electron chi connectivity index (χ4n) is 4.60. The highest BCUT2D eigenvalue weighted by atomic mass is 16.2. The topological polar surface area (TPSA) is 273 Å². The molecule has 21 heteroatoms. The van der Waals surface area contributed by atoms with Crippen LogP contribution in [0, 0.1) is 5.92 Å². The van der Waals surface area contributed by atoms with Crippen LogP contribution in [0.4, 0.5) is 0 Å². The van der Waals surface area contributed by atoms with Gasteiger partial charge in [0, 0.05) is 64.1 Å². The molecule has 11 N–H and O–H groups in total. The van der Waals surface area contributed by atoms with E-state index >= 15 is 0 Å². The molecule has 17 nitrogen and oxygen atoms in total. The lowest BCUT2D eigenvalue weighted by atomic mass is 10.0. The standard InChI is InChI=1S/C24H45BN4O4.C9H17NO2.C4H7B2N3O2.BH2N/c1-2-3-4-11-18-26-21(30)14-7-5-12-19-27-22(31)15-8-6-13-20-28-23(32)16-9-10-17-24(33)29-25;1-7(2)8(11)5-3-4-6-9(10)12;5-8-3(10)1-7-2-4(11)9-6;1-2/h2-20H2,1H3,(H,26,30)(H,27,31)(H,28,32)(H,29,33);7H,3-6H2,1-2H3,(H2,10,12);7H,1-2H2,(H,8,10)(H,9,11);2H2. The Morgan fingerprint density at radius 1 is 0.448 bits per heavy atom. The molecular weight excluding hydrogens is 742 g/mol. The predicted octanol–water partition coefficient (Wildman–Crippen LogP) is 0.0574. The molecule has 0 saturated carbocycles. The van der Waals surface area contributed by atoms with Crippen molar-refractivity contribution in [1.82, 2.24) is 37.0 Å². The zero-order chi connectivity index (χ0) is 44.8. The molecule has 0 aromatic rings. The molecule has 0 rings (SSSR count). The molecular formula is C37H71B4N9O8. The van der Waals surface area contributed by atoms with Crippen molar-refractivity contribution in [1.29, 1.82) is 0 Å². The number of carbonyl (C=O) groups excluding carboxylic acids is 8. The second-order valence-electron chi connectivity index (χ2n) is 13.5. The van der Waals surface area contributed by atoms with Gasteiger partial charge in [0.2, 0.25) is 65.3 Å². The summed E-state index contributed by atoms with van der Waals surface area (Å²) in [5, 5.41) is 17.1.